The number of hydrogen-bond donors (Lipinski definition) is 2. The van der Waals surface area contributed by atoms with Crippen molar-refractivity contribution in [1.29, 1.82) is 0 Å². The van der Waals surface area contributed by atoms with Gasteiger partial charge in [0.25, 0.3) is 5.91 Å². The molecule has 0 atom stereocenters. The molecule has 5 rings (SSSR count). The molecule has 1 saturated heterocycles. The van der Waals surface area contributed by atoms with Crippen LogP contribution in [0.1, 0.15) is 66.8 Å². The SMILES string of the molecule is CC1(C)Cc2c(c3c(n2-c2cc(F)c(C(N)=O)c(NN4CCCCC4)c2)CCC3)S(=O)(=O)C1. The van der Waals surface area contributed by atoms with Crippen molar-refractivity contribution in [3.8, 4) is 5.69 Å². The number of primary amides is 1. The smallest absolute Gasteiger partial charge is 0.253 e. The summed E-state index contributed by atoms with van der Waals surface area (Å²) in [5.41, 5.74) is 11.6. The van der Waals surface area contributed by atoms with Gasteiger partial charge < -0.3 is 15.7 Å². The molecule has 0 bridgehead atoms. The maximum absolute atomic E-state index is 15.3. The van der Waals surface area contributed by atoms with Crippen LogP contribution in [-0.2, 0) is 29.1 Å². The van der Waals surface area contributed by atoms with Gasteiger partial charge in [-0.1, -0.05) is 20.3 Å². The van der Waals surface area contributed by atoms with Gasteiger partial charge in [-0.05, 0) is 61.6 Å². The molecule has 0 spiro atoms. The molecule has 1 fully saturated rings. The Hall–Kier alpha value is -2.39. The Bertz CT molecular complexity index is 1240. The highest BCUT2D eigenvalue weighted by Crippen LogP contribution is 2.44. The average Bonchev–Trinajstić information content (AvgIpc) is 3.26. The predicted octanol–water partition coefficient (Wildman–Crippen LogP) is 3.37. The summed E-state index contributed by atoms with van der Waals surface area (Å²) >= 11 is 0. The number of nitrogens with two attached hydrogens (primary N) is 1. The lowest BCUT2D eigenvalue weighted by atomic mass is 9.89. The fourth-order valence-electron chi connectivity index (χ4n) is 5.82. The largest absolute Gasteiger partial charge is 0.365 e. The van der Waals surface area contributed by atoms with Crippen LogP contribution in [0.2, 0.25) is 0 Å². The van der Waals surface area contributed by atoms with Crippen LogP contribution in [-0.4, -0.2) is 42.7 Å². The van der Waals surface area contributed by atoms with E-state index in [1.165, 1.54) is 6.07 Å². The van der Waals surface area contributed by atoms with Crippen LogP contribution < -0.4 is 11.2 Å². The fourth-order valence-corrected chi connectivity index (χ4v) is 8.22. The second-order valence-electron chi connectivity index (χ2n) is 10.4. The second kappa shape index (κ2) is 7.84. The molecule has 3 N–H and O–H groups in total. The summed E-state index contributed by atoms with van der Waals surface area (Å²) in [6.07, 6.45) is 6.10. The number of aromatic nitrogens is 1. The highest BCUT2D eigenvalue weighted by atomic mass is 32.2. The third kappa shape index (κ3) is 3.85. The number of amides is 1. The average molecular weight is 475 g/mol. The Morgan fingerprint density at radius 3 is 2.52 bits per heavy atom. The highest BCUT2D eigenvalue weighted by molar-refractivity contribution is 7.91. The Labute approximate surface area is 194 Å². The highest BCUT2D eigenvalue weighted by Gasteiger charge is 2.42. The molecule has 1 amide bonds. The van der Waals surface area contributed by atoms with Crippen LogP contribution in [0.25, 0.3) is 5.69 Å². The van der Waals surface area contributed by atoms with Gasteiger partial charge in [-0.25, -0.2) is 17.8 Å². The molecule has 0 unspecified atom stereocenters. The monoisotopic (exact) mass is 474 g/mol. The number of sulfone groups is 1. The number of carbonyl (C=O) groups is 1. The zero-order valence-corrected chi connectivity index (χ0v) is 20.0. The van der Waals surface area contributed by atoms with E-state index in [9.17, 15) is 13.2 Å². The molecule has 0 radical (unpaired) electrons. The number of rotatable bonds is 4. The summed E-state index contributed by atoms with van der Waals surface area (Å²) in [7, 11) is -3.44. The zero-order valence-electron chi connectivity index (χ0n) is 19.2. The third-order valence-corrected chi connectivity index (χ3v) is 9.28. The lowest BCUT2D eigenvalue weighted by Crippen LogP contribution is -2.36. The van der Waals surface area contributed by atoms with E-state index in [0.717, 1.165) is 62.1 Å². The molecule has 7 nitrogen and oxygen atoms in total. The summed E-state index contributed by atoms with van der Waals surface area (Å²) in [4.78, 5) is 12.6. The van der Waals surface area contributed by atoms with Gasteiger partial charge in [0.1, 0.15) is 5.82 Å². The molecule has 2 aliphatic heterocycles. The normalized spacial score (nSPS) is 21.4. The number of fused-ring (bicyclic) bond motifs is 3. The van der Waals surface area contributed by atoms with Gasteiger partial charge in [0.05, 0.1) is 27.6 Å². The van der Waals surface area contributed by atoms with Crippen molar-refractivity contribution in [2.24, 2.45) is 11.1 Å². The topological polar surface area (TPSA) is 97.4 Å². The van der Waals surface area contributed by atoms with Crippen molar-refractivity contribution in [2.45, 2.75) is 63.7 Å². The first-order chi connectivity index (χ1) is 15.6. The van der Waals surface area contributed by atoms with Gasteiger partial charge >= 0.3 is 0 Å². The molecule has 2 aromatic rings. The summed E-state index contributed by atoms with van der Waals surface area (Å²) in [6, 6.07) is 3.06. The van der Waals surface area contributed by atoms with Gasteiger partial charge in [-0.15, -0.1) is 0 Å². The lowest BCUT2D eigenvalue weighted by Gasteiger charge is -2.31. The first-order valence-corrected chi connectivity index (χ1v) is 13.4. The molecule has 1 aromatic heterocycles. The standard InChI is InChI=1S/C24H31FN4O3S/c1-24(2)13-20-22(33(31,32)14-24)16-7-6-8-19(16)29(20)15-11-17(25)21(23(26)30)18(12-15)27-28-9-4-3-5-10-28/h11-12,27H,3-10,13-14H2,1-2H3,(H2,26,30). The Morgan fingerprint density at radius 1 is 1.09 bits per heavy atom. The van der Waals surface area contributed by atoms with E-state index in [1.807, 2.05) is 23.4 Å². The van der Waals surface area contributed by atoms with Crippen LogP contribution in [0, 0.1) is 11.2 Å². The van der Waals surface area contributed by atoms with Gasteiger partial charge in [0.2, 0.25) is 0 Å². The maximum Gasteiger partial charge on any atom is 0.253 e. The van der Waals surface area contributed by atoms with E-state index < -0.39 is 27.0 Å². The summed E-state index contributed by atoms with van der Waals surface area (Å²) in [5.74, 6) is -1.42. The van der Waals surface area contributed by atoms with Crippen LogP contribution in [0.4, 0.5) is 10.1 Å². The Balaban J connectivity index is 1.70. The number of carbonyl (C=O) groups excluding carboxylic acids is 1. The molecule has 3 aliphatic rings. The van der Waals surface area contributed by atoms with Crippen LogP contribution >= 0.6 is 0 Å². The number of hydrogen-bond acceptors (Lipinski definition) is 5. The molecular formula is C24H31FN4O3S. The molecule has 1 aliphatic carbocycles. The number of hydrazine groups is 1. The molecule has 0 saturated carbocycles. The lowest BCUT2D eigenvalue weighted by molar-refractivity contribution is 0.0996. The first kappa shape index (κ1) is 22.4. The third-order valence-electron chi connectivity index (χ3n) is 7.02. The van der Waals surface area contributed by atoms with Crippen LogP contribution in [0.15, 0.2) is 17.0 Å². The fraction of sp³-hybridized carbons (Fsp3) is 0.542. The summed E-state index contributed by atoms with van der Waals surface area (Å²) in [5, 5.41) is 1.98. The van der Waals surface area contributed by atoms with Crippen LogP contribution in [0.3, 0.4) is 0 Å². The quantitative estimate of drug-likeness (QED) is 0.708. The van der Waals surface area contributed by atoms with E-state index in [4.69, 9.17) is 5.73 Å². The van der Waals surface area contributed by atoms with E-state index in [-0.39, 0.29) is 11.3 Å². The van der Waals surface area contributed by atoms with Crippen molar-refractivity contribution in [3.05, 3.63) is 40.5 Å². The van der Waals surface area contributed by atoms with E-state index in [2.05, 4.69) is 5.43 Å². The van der Waals surface area contributed by atoms with Gasteiger partial charge in [0.15, 0.2) is 9.84 Å². The summed E-state index contributed by atoms with van der Waals surface area (Å²) < 4.78 is 43.8. The Kier molecular flexibility index (Phi) is 5.32. The minimum atomic E-state index is -3.44. The van der Waals surface area contributed by atoms with Gasteiger partial charge in [-0.2, -0.15) is 0 Å². The number of benzene rings is 1. The van der Waals surface area contributed by atoms with E-state index >= 15 is 4.39 Å². The van der Waals surface area contributed by atoms with Crippen LogP contribution in [0.5, 0.6) is 0 Å². The minimum absolute atomic E-state index is 0.111. The number of anilines is 1. The van der Waals surface area contributed by atoms with E-state index in [1.54, 1.807) is 6.07 Å². The molecule has 178 valence electrons. The molecule has 3 heterocycles. The molecular weight excluding hydrogens is 443 g/mol. The minimum Gasteiger partial charge on any atom is -0.365 e. The number of nitrogens with zero attached hydrogens (tertiary/aromatic N) is 2. The van der Waals surface area contributed by atoms with Crippen molar-refractivity contribution < 1.29 is 17.6 Å². The number of nitrogens with one attached hydrogen (secondary N) is 1. The van der Waals surface area contributed by atoms with Crippen molar-refractivity contribution in [2.75, 3.05) is 24.3 Å². The maximum atomic E-state index is 15.3. The van der Waals surface area contributed by atoms with Gasteiger partial charge in [0, 0.05) is 24.5 Å². The number of halogens is 1. The molecule has 9 heteroatoms. The van der Waals surface area contributed by atoms with E-state index in [0.29, 0.717) is 29.1 Å². The summed E-state index contributed by atoms with van der Waals surface area (Å²) in [6.45, 7) is 5.50. The van der Waals surface area contributed by atoms with Gasteiger partial charge in [-0.3, -0.25) is 4.79 Å². The predicted molar refractivity (Wildman–Crippen MR) is 125 cm³/mol. The second-order valence-corrected chi connectivity index (χ2v) is 12.3. The first-order valence-electron chi connectivity index (χ1n) is 11.7. The zero-order chi connectivity index (χ0) is 23.5. The molecule has 33 heavy (non-hydrogen) atoms. The molecule has 1 aromatic carbocycles. The van der Waals surface area contributed by atoms with Crippen molar-refractivity contribution in [1.82, 2.24) is 9.58 Å². The van der Waals surface area contributed by atoms with Crippen molar-refractivity contribution >= 4 is 21.4 Å². The Morgan fingerprint density at radius 2 is 1.82 bits per heavy atom. The number of piperidine rings is 1. The van der Waals surface area contributed by atoms with Crippen molar-refractivity contribution in [3.63, 3.8) is 0 Å².